The lowest BCUT2D eigenvalue weighted by Gasteiger charge is -2.39. The second-order valence-corrected chi connectivity index (χ2v) is 4.99. The van der Waals surface area contributed by atoms with Crippen molar-refractivity contribution in [1.29, 1.82) is 0 Å². The van der Waals surface area contributed by atoms with Crippen LogP contribution in [0.4, 0.5) is 52.7 Å². The molecule has 152 valence electrons. The highest BCUT2D eigenvalue weighted by atomic mass is 35.5. The number of hydrogen-bond acceptors (Lipinski definition) is 3. The van der Waals surface area contributed by atoms with Crippen LogP contribution in [0.1, 0.15) is 0 Å². The number of hydrogen-bond donors (Lipinski definition) is 2. The third kappa shape index (κ3) is 3.16. The van der Waals surface area contributed by atoms with Crippen LogP contribution in [-0.2, 0) is 4.79 Å². The Balaban J connectivity index is 3.89. The molecule has 1 amide bonds. The maximum atomic E-state index is 13.1. The number of nitrogens with one attached hydrogen (secondary N) is 2. The van der Waals surface area contributed by atoms with E-state index < -0.39 is 58.8 Å². The summed E-state index contributed by atoms with van der Waals surface area (Å²) in [6, 6.07) is 0. The van der Waals surface area contributed by atoms with E-state index >= 15 is 0 Å². The average molecular weight is 434 g/mol. The molecular formula is C9H4ClF12N3O. The maximum Gasteiger partial charge on any atom is 0.436 e. The lowest BCUT2D eigenvalue weighted by molar-refractivity contribution is -0.333. The van der Waals surface area contributed by atoms with Crippen molar-refractivity contribution in [2.24, 2.45) is 4.99 Å². The fourth-order valence-electron chi connectivity index (χ4n) is 1.90. The number of amides is 1. The van der Waals surface area contributed by atoms with Gasteiger partial charge in [-0.1, -0.05) is 0 Å². The predicted octanol–water partition coefficient (Wildman–Crippen LogP) is 3.03. The van der Waals surface area contributed by atoms with E-state index in [0.29, 0.717) is 5.32 Å². The molecule has 0 saturated carbocycles. The van der Waals surface area contributed by atoms with Crippen LogP contribution in [0.5, 0.6) is 0 Å². The van der Waals surface area contributed by atoms with E-state index in [-0.39, 0.29) is 0 Å². The van der Waals surface area contributed by atoms with Crippen molar-refractivity contribution < 1.29 is 57.5 Å². The van der Waals surface area contributed by atoms with E-state index in [2.05, 4.69) is 0 Å². The van der Waals surface area contributed by atoms with E-state index in [1.807, 2.05) is 0 Å². The van der Waals surface area contributed by atoms with Gasteiger partial charge in [0.25, 0.3) is 5.54 Å². The first-order valence-electron chi connectivity index (χ1n) is 5.79. The van der Waals surface area contributed by atoms with Crippen molar-refractivity contribution in [1.82, 2.24) is 10.6 Å². The summed E-state index contributed by atoms with van der Waals surface area (Å²) in [6.45, 7) is 0. The Kier molecular flexibility index (Phi) is 5.24. The van der Waals surface area contributed by atoms with Crippen LogP contribution in [0.25, 0.3) is 0 Å². The highest BCUT2D eigenvalue weighted by molar-refractivity contribution is 6.29. The molecule has 0 aliphatic carbocycles. The van der Waals surface area contributed by atoms with E-state index in [1.165, 1.54) is 0 Å². The van der Waals surface area contributed by atoms with Crippen molar-refractivity contribution in [3.8, 4) is 0 Å². The lowest BCUT2D eigenvalue weighted by atomic mass is 9.95. The third-order valence-electron chi connectivity index (χ3n) is 3.05. The fourth-order valence-corrected chi connectivity index (χ4v) is 1.96. The summed E-state index contributed by atoms with van der Waals surface area (Å²) in [7, 11) is 0. The highest BCUT2D eigenvalue weighted by Gasteiger charge is 2.86. The summed E-state index contributed by atoms with van der Waals surface area (Å²) >= 11 is 4.81. The van der Waals surface area contributed by atoms with Gasteiger partial charge in [-0.3, -0.25) is 4.79 Å². The molecule has 0 aromatic rings. The first-order chi connectivity index (χ1) is 11.3. The number of carbonyl (C=O) groups is 1. The van der Waals surface area contributed by atoms with Gasteiger partial charge in [0.2, 0.25) is 5.91 Å². The zero-order valence-corrected chi connectivity index (χ0v) is 12.2. The molecule has 0 aromatic heterocycles. The van der Waals surface area contributed by atoms with Crippen LogP contribution in [0.3, 0.4) is 0 Å². The molecule has 0 aromatic carbocycles. The number of nitrogens with zero attached hydrogens (tertiary/aromatic N) is 1. The standard InChI is InChI=1S/C9H4ClF12N3O/c10-1-2(26)23-3-4(6(11,12)13,7(14,15)16)25-5(24-3,8(17,18)19)9(20,21)22/h25H,1H2,(H,23,24,26). The predicted molar refractivity (Wildman–Crippen MR) is 59.1 cm³/mol. The number of halogens is 13. The number of amidine groups is 1. The summed E-state index contributed by atoms with van der Waals surface area (Å²) in [5.41, 5.74) is -12.0. The van der Waals surface area contributed by atoms with Gasteiger partial charge in [0.05, 0.1) is 0 Å². The summed E-state index contributed by atoms with van der Waals surface area (Å²) in [5, 5.41) is 0.104. The first kappa shape index (κ1) is 22.6. The molecule has 1 aliphatic rings. The molecule has 0 radical (unpaired) electrons. The number of alkyl halides is 13. The lowest BCUT2D eigenvalue weighted by Crippen LogP contribution is -2.77. The molecular weight excluding hydrogens is 430 g/mol. The molecule has 4 nitrogen and oxygen atoms in total. The zero-order valence-electron chi connectivity index (χ0n) is 11.5. The van der Waals surface area contributed by atoms with Crippen LogP contribution >= 0.6 is 11.6 Å². The second-order valence-electron chi connectivity index (χ2n) is 4.72. The minimum absolute atomic E-state index is 0.504. The number of rotatable bonds is 1. The summed E-state index contributed by atoms with van der Waals surface area (Å²) < 4.78 is 155. The molecule has 0 fully saturated rings. The van der Waals surface area contributed by atoms with Gasteiger partial charge in [0, 0.05) is 0 Å². The van der Waals surface area contributed by atoms with Gasteiger partial charge in [-0.25, -0.2) is 10.3 Å². The van der Waals surface area contributed by atoms with Crippen molar-refractivity contribution in [3.63, 3.8) is 0 Å². The van der Waals surface area contributed by atoms with Gasteiger partial charge < -0.3 is 5.32 Å². The van der Waals surface area contributed by atoms with E-state index in [1.54, 1.807) is 4.99 Å². The van der Waals surface area contributed by atoms with Gasteiger partial charge >= 0.3 is 30.4 Å². The van der Waals surface area contributed by atoms with Gasteiger partial charge in [-0.2, -0.15) is 52.7 Å². The Labute approximate surface area is 139 Å². The molecule has 17 heteroatoms. The first-order valence-corrected chi connectivity index (χ1v) is 6.32. The van der Waals surface area contributed by atoms with Crippen molar-refractivity contribution in [3.05, 3.63) is 0 Å². The van der Waals surface area contributed by atoms with Crippen LogP contribution in [0.2, 0.25) is 0 Å². The average Bonchev–Trinajstić information content (AvgIpc) is 2.74. The largest absolute Gasteiger partial charge is 0.436 e. The van der Waals surface area contributed by atoms with Gasteiger partial charge in [0.15, 0.2) is 0 Å². The molecule has 0 saturated heterocycles. The molecule has 2 N–H and O–H groups in total. The molecule has 0 bridgehead atoms. The molecule has 1 aliphatic heterocycles. The minimum atomic E-state index is -6.82. The van der Waals surface area contributed by atoms with Gasteiger partial charge in [-0.05, 0) is 0 Å². The van der Waals surface area contributed by atoms with Crippen molar-refractivity contribution >= 4 is 23.3 Å². The SMILES string of the molecule is O=C(CCl)NC1=NC(C(F)(F)F)(C(F)(F)F)NC1(C(F)(F)F)C(F)(F)F. The smallest absolute Gasteiger partial charge is 0.311 e. The maximum absolute atomic E-state index is 13.1. The van der Waals surface area contributed by atoms with Gasteiger partial charge in [0.1, 0.15) is 11.7 Å². The van der Waals surface area contributed by atoms with Gasteiger partial charge in [-0.15, -0.1) is 11.6 Å². The van der Waals surface area contributed by atoms with Crippen LogP contribution in [0.15, 0.2) is 4.99 Å². The van der Waals surface area contributed by atoms with Crippen LogP contribution in [0, 0.1) is 0 Å². The number of aliphatic imine (C=N–C) groups is 1. The zero-order chi connectivity index (χ0) is 21.0. The van der Waals surface area contributed by atoms with Crippen molar-refractivity contribution in [2.45, 2.75) is 35.9 Å². The summed E-state index contributed by atoms with van der Waals surface area (Å²) in [6.07, 6.45) is -27.2. The monoisotopic (exact) mass is 433 g/mol. The summed E-state index contributed by atoms with van der Waals surface area (Å²) in [5.74, 6) is -6.32. The Morgan fingerprint density at radius 2 is 1.27 bits per heavy atom. The van der Waals surface area contributed by atoms with Crippen LogP contribution in [-0.4, -0.2) is 53.5 Å². The molecule has 0 atom stereocenters. The fraction of sp³-hybridized carbons (Fsp3) is 0.778. The quantitative estimate of drug-likeness (QED) is 0.493. The third-order valence-corrected chi connectivity index (χ3v) is 3.30. The molecule has 0 unspecified atom stereocenters. The summed E-state index contributed by atoms with van der Waals surface area (Å²) in [4.78, 5) is 12.5. The molecule has 1 rings (SSSR count). The molecule has 1 heterocycles. The second kappa shape index (κ2) is 6.03. The van der Waals surface area contributed by atoms with E-state index in [4.69, 9.17) is 11.6 Å². The van der Waals surface area contributed by atoms with Crippen molar-refractivity contribution in [2.75, 3.05) is 5.88 Å². The minimum Gasteiger partial charge on any atom is -0.311 e. The van der Waals surface area contributed by atoms with E-state index in [9.17, 15) is 57.5 Å². The Morgan fingerprint density at radius 3 is 1.54 bits per heavy atom. The Hall–Kier alpha value is -1.45. The normalized spacial score (nSPS) is 20.7. The highest BCUT2D eigenvalue weighted by Crippen LogP contribution is 2.54. The Morgan fingerprint density at radius 1 is 0.885 bits per heavy atom. The topological polar surface area (TPSA) is 53.5 Å². The Bertz CT molecular complexity index is 573. The van der Waals surface area contributed by atoms with Crippen LogP contribution < -0.4 is 10.6 Å². The molecule has 0 spiro atoms. The number of carbonyl (C=O) groups excluding carboxylic acids is 1. The molecule has 26 heavy (non-hydrogen) atoms. The van der Waals surface area contributed by atoms with E-state index in [0.717, 1.165) is 0 Å².